The van der Waals surface area contributed by atoms with Crippen LogP contribution in [0.1, 0.15) is 26.7 Å². The summed E-state index contributed by atoms with van der Waals surface area (Å²) in [7, 11) is 0. The van der Waals surface area contributed by atoms with Crippen LogP contribution < -0.4 is 0 Å². The molecule has 9 heavy (non-hydrogen) atoms. The molecule has 0 amide bonds. The van der Waals surface area contributed by atoms with Crippen molar-refractivity contribution in [1.82, 2.24) is 0 Å². The fourth-order valence-electron chi connectivity index (χ4n) is 0.874. The van der Waals surface area contributed by atoms with Crippen LogP contribution in [0.15, 0.2) is 12.2 Å². The van der Waals surface area contributed by atoms with Gasteiger partial charge in [0.2, 0.25) is 0 Å². The van der Waals surface area contributed by atoms with Crippen molar-refractivity contribution in [2.45, 2.75) is 26.7 Å². The number of allylic oxidation sites excluding steroid dienone is 2. The maximum atomic E-state index is 8.56. The van der Waals surface area contributed by atoms with E-state index in [4.69, 9.17) is 5.11 Å². The third-order valence-corrected chi connectivity index (χ3v) is 1.49. The lowest BCUT2D eigenvalue weighted by Gasteiger charge is -2.05. The topological polar surface area (TPSA) is 20.2 Å². The molecule has 0 spiro atoms. The lowest BCUT2D eigenvalue weighted by Crippen LogP contribution is -1.96. The molecule has 1 N–H and O–H groups in total. The Kier molecular flexibility index (Phi) is 5.64. The highest BCUT2D eigenvalue weighted by Gasteiger charge is 1.97. The van der Waals surface area contributed by atoms with Gasteiger partial charge >= 0.3 is 0 Å². The summed E-state index contributed by atoms with van der Waals surface area (Å²) in [4.78, 5) is 0. The second kappa shape index (κ2) is 5.83. The minimum absolute atomic E-state index is 0.308. The maximum Gasteiger partial charge on any atom is 0.0436 e. The summed E-state index contributed by atoms with van der Waals surface area (Å²) in [6, 6.07) is 0. The third-order valence-electron chi connectivity index (χ3n) is 1.49. The molecule has 0 aromatic rings. The smallest absolute Gasteiger partial charge is 0.0436 e. The van der Waals surface area contributed by atoms with Gasteiger partial charge in [0.05, 0.1) is 0 Å². The van der Waals surface area contributed by atoms with E-state index in [0.29, 0.717) is 12.5 Å². The zero-order valence-corrected chi connectivity index (χ0v) is 6.30. The van der Waals surface area contributed by atoms with E-state index in [9.17, 15) is 0 Å². The number of hydrogen-bond donors (Lipinski definition) is 1. The Morgan fingerprint density at radius 2 is 2.22 bits per heavy atom. The van der Waals surface area contributed by atoms with Crippen LogP contribution in [0.4, 0.5) is 0 Å². The molecule has 54 valence electrons. The zero-order valence-electron chi connectivity index (χ0n) is 6.30. The second-order valence-electron chi connectivity index (χ2n) is 2.21. The molecule has 0 saturated heterocycles. The first-order valence-corrected chi connectivity index (χ1v) is 3.58. The zero-order chi connectivity index (χ0) is 7.11. The van der Waals surface area contributed by atoms with Crippen molar-refractivity contribution in [3.63, 3.8) is 0 Å². The molecule has 0 aliphatic heterocycles. The number of hydrogen-bond acceptors (Lipinski definition) is 1. The Morgan fingerprint density at radius 3 is 2.56 bits per heavy atom. The van der Waals surface area contributed by atoms with Crippen LogP contribution in [-0.2, 0) is 0 Å². The molecule has 0 aromatic carbocycles. The molecule has 0 rings (SSSR count). The predicted molar refractivity (Wildman–Crippen MR) is 40.3 cm³/mol. The minimum Gasteiger partial charge on any atom is -0.396 e. The highest BCUT2D eigenvalue weighted by molar-refractivity contribution is 4.84. The van der Waals surface area contributed by atoms with E-state index in [1.54, 1.807) is 0 Å². The van der Waals surface area contributed by atoms with Crippen molar-refractivity contribution < 1.29 is 5.11 Å². The summed E-state index contributed by atoms with van der Waals surface area (Å²) in [5, 5.41) is 8.56. The van der Waals surface area contributed by atoms with E-state index in [1.165, 1.54) is 0 Å². The monoisotopic (exact) mass is 128 g/mol. The lowest BCUT2D eigenvalue weighted by molar-refractivity contribution is 0.268. The van der Waals surface area contributed by atoms with Gasteiger partial charge in [0.25, 0.3) is 0 Å². The fraction of sp³-hybridized carbons (Fsp3) is 0.750. The van der Waals surface area contributed by atoms with Gasteiger partial charge < -0.3 is 5.11 Å². The highest BCUT2D eigenvalue weighted by Crippen LogP contribution is 2.08. The van der Waals surface area contributed by atoms with Crippen molar-refractivity contribution in [3.8, 4) is 0 Å². The van der Waals surface area contributed by atoms with Crippen LogP contribution in [0.5, 0.6) is 0 Å². The van der Waals surface area contributed by atoms with Gasteiger partial charge in [-0.05, 0) is 25.7 Å². The van der Waals surface area contributed by atoms with Gasteiger partial charge in [0, 0.05) is 6.61 Å². The first-order chi connectivity index (χ1) is 4.35. The Hall–Kier alpha value is -0.300. The summed E-state index contributed by atoms with van der Waals surface area (Å²) < 4.78 is 0. The third kappa shape index (κ3) is 4.22. The molecule has 0 saturated carbocycles. The van der Waals surface area contributed by atoms with Gasteiger partial charge in [-0.3, -0.25) is 0 Å². The van der Waals surface area contributed by atoms with Crippen LogP contribution in [0.25, 0.3) is 0 Å². The molecule has 0 aromatic heterocycles. The van der Waals surface area contributed by atoms with Crippen LogP contribution in [-0.4, -0.2) is 11.7 Å². The normalized spacial score (nSPS) is 14.6. The van der Waals surface area contributed by atoms with Crippen molar-refractivity contribution >= 4 is 0 Å². The van der Waals surface area contributed by atoms with Crippen molar-refractivity contribution in [2.75, 3.05) is 6.61 Å². The van der Waals surface area contributed by atoms with E-state index in [2.05, 4.69) is 13.0 Å². The van der Waals surface area contributed by atoms with Crippen LogP contribution in [0, 0.1) is 5.92 Å². The first kappa shape index (κ1) is 8.70. The largest absolute Gasteiger partial charge is 0.396 e. The van der Waals surface area contributed by atoms with Gasteiger partial charge in [0.15, 0.2) is 0 Å². The Bertz CT molecular complexity index is 76.6. The van der Waals surface area contributed by atoms with E-state index >= 15 is 0 Å². The molecular weight excluding hydrogens is 112 g/mol. The van der Waals surface area contributed by atoms with Gasteiger partial charge in [-0.25, -0.2) is 0 Å². The van der Waals surface area contributed by atoms with E-state index in [-0.39, 0.29) is 0 Å². The summed E-state index contributed by atoms with van der Waals surface area (Å²) in [5.74, 6) is 0.583. The van der Waals surface area contributed by atoms with Gasteiger partial charge in [0.1, 0.15) is 0 Å². The minimum atomic E-state index is 0.308. The maximum absolute atomic E-state index is 8.56. The van der Waals surface area contributed by atoms with E-state index in [1.807, 2.05) is 13.0 Å². The molecular formula is C8H16O. The standard InChI is InChI=1S/C8H16O/c1-3-5-8(4-2)6-7-9/h3,5,8-9H,4,6-7H2,1-2H3/b5-3+. The Morgan fingerprint density at radius 1 is 1.56 bits per heavy atom. The average molecular weight is 128 g/mol. The van der Waals surface area contributed by atoms with Crippen LogP contribution >= 0.6 is 0 Å². The van der Waals surface area contributed by atoms with Gasteiger partial charge in [-0.15, -0.1) is 0 Å². The summed E-state index contributed by atoms with van der Waals surface area (Å²) in [6.07, 6.45) is 6.23. The van der Waals surface area contributed by atoms with Crippen molar-refractivity contribution in [3.05, 3.63) is 12.2 Å². The molecule has 1 heteroatoms. The van der Waals surface area contributed by atoms with E-state index in [0.717, 1.165) is 12.8 Å². The molecule has 0 heterocycles. The molecule has 1 nitrogen and oxygen atoms in total. The molecule has 0 radical (unpaired) electrons. The molecule has 0 aliphatic carbocycles. The number of aliphatic hydroxyl groups is 1. The van der Waals surface area contributed by atoms with Crippen molar-refractivity contribution in [2.24, 2.45) is 5.92 Å². The van der Waals surface area contributed by atoms with Crippen LogP contribution in [0.3, 0.4) is 0 Å². The second-order valence-corrected chi connectivity index (χ2v) is 2.21. The molecule has 0 bridgehead atoms. The number of rotatable bonds is 4. The molecule has 1 unspecified atom stereocenters. The Labute approximate surface area is 57.4 Å². The SMILES string of the molecule is C/C=C/C(CC)CCO. The average Bonchev–Trinajstić information content (AvgIpc) is 1.88. The summed E-state index contributed by atoms with van der Waals surface area (Å²) >= 11 is 0. The van der Waals surface area contributed by atoms with Gasteiger partial charge in [-0.1, -0.05) is 19.1 Å². The summed E-state index contributed by atoms with van der Waals surface area (Å²) in [5.41, 5.74) is 0. The van der Waals surface area contributed by atoms with Crippen LogP contribution in [0.2, 0.25) is 0 Å². The number of aliphatic hydroxyl groups excluding tert-OH is 1. The lowest BCUT2D eigenvalue weighted by atomic mass is 10.0. The summed E-state index contributed by atoms with van der Waals surface area (Å²) in [6.45, 7) is 4.46. The molecule has 0 aliphatic rings. The van der Waals surface area contributed by atoms with Crippen molar-refractivity contribution in [1.29, 1.82) is 0 Å². The first-order valence-electron chi connectivity index (χ1n) is 3.58. The molecule has 1 atom stereocenters. The quantitative estimate of drug-likeness (QED) is 0.574. The van der Waals surface area contributed by atoms with Gasteiger partial charge in [-0.2, -0.15) is 0 Å². The molecule has 0 fully saturated rings. The Balaban J connectivity index is 3.41. The highest BCUT2D eigenvalue weighted by atomic mass is 16.2. The predicted octanol–water partition coefficient (Wildman–Crippen LogP) is 1.97. The van der Waals surface area contributed by atoms with E-state index < -0.39 is 0 Å². The fourth-order valence-corrected chi connectivity index (χ4v) is 0.874.